The normalized spacial score (nSPS) is 11.2. The van der Waals surface area contributed by atoms with Crippen molar-refractivity contribution < 1.29 is 22.7 Å². The fourth-order valence-corrected chi connectivity index (χ4v) is 2.98. The Labute approximate surface area is 126 Å². The number of sulfonamides is 1. The Morgan fingerprint density at radius 2 is 1.95 bits per heavy atom. The van der Waals surface area contributed by atoms with Crippen LogP contribution < -0.4 is 4.72 Å². The molecular weight excluding hydrogens is 311 g/mol. The molecule has 0 saturated heterocycles. The van der Waals surface area contributed by atoms with E-state index >= 15 is 0 Å². The number of hydrogen-bond donors (Lipinski definition) is 2. The number of aryl methyl sites for hydroxylation is 2. The van der Waals surface area contributed by atoms with Gasteiger partial charge in [-0.15, -0.1) is 0 Å². The molecule has 0 radical (unpaired) electrons. The molecule has 0 unspecified atom stereocenters. The van der Waals surface area contributed by atoms with Crippen molar-refractivity contribution in [2.45, 2.75) is 18.7 Å². The van der Waals surface area contributed by atoms with Crippen LogP contribution in [0.5, 0.6) is 0 Å². The lowest BCUT2D eigenvalue weighted by molar-refractivity contribution is 0.0691. The molecule has 0 aliphatic carbocycles. The van der Waals surface area contributed by atoms with Crippen molar-refractivity contribution >= 4 is 21.7 Å². The Morgan fingerprint density at radius 3 is 2.55 bits per heavy atom. The van der Waals surface area contributed by atoms with E-state index in [1.54, 1.807) is 19.9 Å². The quantitative estimate of drug-likeness (QED) is 0.900. The number of nitrogens with one attached hydrogen (secondary N) is 1. The van der Waals surface area contributed by atoms with E-state index in [1.165, 1.54) is 6.20 Å². The van der Waals surface area contributed by atoms with E-state index < -0.39 is 27.4 Å². The van der Waals surface area contributed by atoms with Crippen LogP contribution in [0.2, 0.25) is 0 Å². The number of benzene rings is 1. The molecule has 2 rings (SSSR count). The average molecular weight is 324 g/mol. The summed E-state index contributed by atoms with van der Waals surface area (Å²) in [6, 6.07) is 4.28. The first-order valence-electron chi connectivity index (χ1n) is 6.19. The fourth-order valence-electron chi connectivity index (χ4n) is 1.84. The minimum atomic E-state index is -4.04. The summed E-state index contributed by atoms with van der Waals surface area (Å²) in [5.41, 5.74) is 0.959. The maximum Gasteiger partial charge on any atom is 0.338 e. The van der Waals surface area contributed by atoms with Crippen molar-refractivity contribution in [1.29, 1.82) is 0 Å². The molecule has 1 aromatic heterocycles. The summed E-state index contributed by atoms with van der Waals surface area (Å²) in [5.74, 6) is -2.54. The van der Waals surface area contributed by atoms with Gasteiger partial charge in [-0.1, -0.05) is 0 Å². The number of hydrogen-bond acceptors (Lipinski definition) is 4. The van der Waals surface area contributed by atoms with E-state index in [2.05, 4.69) is 9.71 Å². The highest BCUT2D eigenvalue weighted by Crippen LogP contribution is 2.21. The minimum absolute atomic E-state index is 0.270. The average Bonchev–Trinajstić information content (AvgIpc) is 2.42. The van der Waals surface area contributed by atoms with Gasteiger partial charge >= 0.3 is 5.97 Å². The molecule has 0 fully saturated rings. The van der Waals surface area contributed by atoms with E-state index in [4.69, 9.17) is 5.11 Å². The summed E-state index contributed by atoms with van der Waals surface area (Å²) in [4.78, 5) is 14.5. The largest absolute Gasteiger partial charge is 0.478 e. The Hall–Kier alpha value is -2.48. The van der Waals surface area contributed by atoms with Gasteiger partial charge in [0.25, 0.3) is 10.0 Å². The van der Waals surface area contributed by atoms with Gasteiger partial charge in [-0.25, -0.2) is 17.6 Å². The highest BCUT2D eigenvalue weighted by Gasteiger charge is 2.20. The Balaban J connectivity index is 2.42. The molecular formula is C14H13FN2O4S. The van der Waals surface area contributed by atoms with Gasteiger partial charge in [0.1, 0.15) is 5.82 Å². The molecule has 0 spiro atoms. The van der Waals surface area contributed by atoms with Crippen LogP contribution in [0.25, 0.3) is 0 Å². The molecule has 0 aliphatic heterocycles. The van der Waals surface area contributed by atoms with E-state index in [0.29, 0.717) is 5.56 Å². The molecule has 1 heterocycles. The molecule has 0 amide bonds. The van der Waals surface area contributed by atoms with E-state index in [9.17, 15) is 17.6 Å². The summed E-state index contributed by atoms with van der Waals surface area (Å²) >= 11 is 0. The molecule has 22 heavy (non-hydrogen) atoms. The molecule has 0 bridgehead atoms. The first kappa shape index (κ1) is 15.9. The monoisotopic (exact) mass is 324 g/mol. The third-order valence-electron chi connectivity index (χ3n) is 2.97. The molecule has 116 valence electrons. The van der Waals surface area contributed by atoms with Gasteiger partial charge in [0.2, 0.25) is 0 Å². The van der Waals surface area contributed by atoms with Gasteiger partial charge in [-0.3, -0.25) is 9.71 Å². The van der Waals surface area contributed by atoms with Crippen LogP contribution in [-0.2, 0) is 10.0 Å². The van der Waals surface area contributed by atoms with Crippen LogP contribution in [0.4, 0.5) is 10.1 Å². The van der Waals surface area contributed by atoms with Crippen LogP contribution >= 0.6 is 0 Å². The van der Waals surface area contributed by atoms with Gasteiger partial charge in [0.05, 0.1) is 22.3 Å². The predicted octanol–water partition coefficient (Wildman–Crippen LogP) is 2.34. The van der Waals surface area contributed by atoms with Crippen molar-refractivity contribution in [3.05, 3.63) is 53.1 Å². The predicted molar refractivity (Wildman–Crippen MR) is 77.9 cm³/mol. The van der Waals surface area contributed by atoms with Crippen LogP contribution in [0.1, 0.15) is 21.6 Å². The molecule has 8 heteroatoms. The molecule has 6 nitrogen and oxygen atoms in total. The smallest absolute Gasteiger partial charge is 0.338 e. The van der Waals surface area contributed by atoms with Crippen molar-refractivity contribution in [2.75, 3.05) is 4.72 Å². The molecule has 0 saturated carbocycles. The summed E-state index contributed by atoms with van der Waals surface area (Å²) in [5, 5.41) is 8.85. The highest BCUT2D eigenvalue weighted by atomic mass is 32.2. The molecule has 2 aromatic rings. The SMILES string of the molecule is Cc1cc(C)c(NS(=O)(=O)c2ccc(F)c(C(=O)O)c2)cn1. The number of aromatic carboxylic acids is 1. The minimum Gasteiger partial charge on any atom is -0.478 e. The highest BCUT2D eigenvalue weighted by molar-refractivity contribution is 7.92. The zero-order valence-corrected chi connectivity index (χ0v) is 12.6. The third kappa shape index (κ3) is 3.22. The van der Waals surface area contributed by atoms with Crippen molar-refractivity contribution in [3.63, 3.8) is 0 Å². The number of halogens is 1. The van der Waals surface area contributed by atoms with E-state index in [-0.39, 0.29) is 10.6 Å². The van der Waals surface area contributed by atoms with E-state index in [1.807, 2.05) is 0 Å². The zero-order chi connectivity index (χ0) is 16.5. The lowest BCUT2D eigenvalue weighted by atomic mass is 10.2. The lowest BCUT2D eigenvalue weighted by Crippen LogP contribution is -2.15. The van der Waals surface area contributed by atoms with Gasteiger partial charge in [0, 0.05) is 5.69 Å². The van der Waals surface area contributed by atoms with Crippen molar-refractivity contribution in [1.82, 2.24) is 4.98 Å². The van der Waals surface area contributed by atoms with Crippen LogP contribution in [0.15, 0.2) is 35.4 Å². The number of pyridine rings is 1. The maximum atomic E-state index is 13.3. The van der Waals surface area contributed by atoms with Crippen LogP contribution in [0.3, 0.4) is 0 Å². The second-order valence-electron chi connectivity index (χ2n) is 4.69. The van der Waals surface area contributed by atoms with E-state index in [0.717, 1.165) is 23.9 Å². The zero-order valence-electron chi connectivity index (χ0n) is 11.8. The number of nitrogens with zero attached hydrogens (tertiary/aromatic N) is 1. The number of rotatable bonds is 4. The van der Waals surface area contributed by atoms with Crippen LogP contribution in [-0.4, -0.2) is 24.5 Å². The van der Waals surface area contributed by atoms with Gasteiger partial charge in [-0.2, -0.15) is 0 Å². The summed E-state index contributed by atoms with van der Waals surface area (Å²) in [6.07, 6.45) is 1.36. The third-order valence-corrected chi connectivity index (χ3v) is 4.33. The first-order valence-corrected chi connectivity index (χ1v) is 7.68. The fraction of sp³-hybridized carbons (Fsp3) is 0.143. The second kappa shape index (κ2) is 5.72. The summed E-state index contributed by atoms with van der Waals surface area (Å²) in [6.45, 7) is 3.48. The van der Waals surface area contributed by atoms with Gasteiger partial charge < -0.3 is 5.11 Å². The molecule has 2 N–H and O–H groups in total. The Kier molecular flexibility index (Phi) is 4.14. The summed E-state index contributed by atoms with van der Waals surface area (Å²) < 4.78 is 40.2. The Morgan fingerprint density at radius 1 is 1.27 bits per heavy atom. The van der Waals surface area contributed by atoms with Crippen molar-refractivity contribution in [3.8, 4) is 0 Å². The number of aromatic nitrogens is 1. The second-order valence-corrected chi connectivity index (χ2v) is 6.38. The maximum absolute atomic E-state index is 13.3. The number of carboxylic acid groups (broad SMARTS) is 1. The molecule has 0 atom stereocenters. The number of carbonyl (C=O) groups is 1. The lowest BCUT2D eigenvalue weighted by Gasteiger charge is -2.11. The number of carboxylic acids is 1. The first-order chi connectivity index (χ1) is 10.2. The molecule has 1 aromatic carbocycles. The standard InChI is InChI=1S/C14H13FN2O4S/c1-8-5-9(2)16-7-13(8)17-22(20,21)10-3-4-12(15)11(6-10)14(18)19/h3-7,17H,1-2H3,(H,18,19). The van der Waals surface area contributed by atoms with Crippen LogP contribution in [0, 0.1) is 19.7 Å². The number of anilines is 1. The topological polar surface area (TPSA) is 96.4 Å². The van der Waals surface area contributed by atoms with Gasteiger partial charge in [0.15, 0.2) is 0 Å². The Bertz CT molecular complexity index is 850. The summed E-state index contributed by atoms with van der Waals surface area (Å²) in [7, 11) is -4.04. The molecule has 0 aliphatic rings. The van der Waals surface area contributed by atoms with Gasteiger partial charge in [-0.05, 0) is 43.7 Å². The van der Waals surface area contributed by atoms with Crippen molar-refractivity contribution in [2.24, 2.45) is 0 Å².